The van der Waals surface area contributed by atoms with E-state index in [4.69, 9.17) is 0 Å². The Kier molecular flexibility index (Phi) is 4.54. The SMILES string of the molecule is Fc1cccc(F)c1C1=NC(c2ccc(-c3cnc(NC4CC4)nc3)cc2)CC1. The van der Waals surface area contributed by atoms with Crippen LogP contribution in [0.3, 0.4) is 0 Å². The van der Waals surface area contributed by atoms with E-state index in [1.165, 1.54) is 31.0 Å². The third-order valence-corrected chi connectivity index (χ3v) is 5.41. The molecule has 4 nitrogen and oxygen atoms in total. The summed E-state index contributed by atoms with van der Waals surface area (Å²) in [7, 11) is 0. The van der Waals surface area contributed by atoms with Crippen molar-refractivity contribution in [2.75, 3.05) is 5.32 Å². The van der Waals surface area contributed by atoms with Gasteiger partial charge in [0.25, 0.3) is 0 Å². The van der Waals surface area contributed by atoms with Gasteiger partial charge in [-0.1, -0.05) is 30.3 Å². The minimum atomic E-state index is -0.556. The summed E-state index contributed by atoms with van der Waals surface area (Å²) in [6, 6.07) is 12.4. The highest BCUT2D eigenvalue weighted by atomic mass is 19.1. The van der Waals surface area contributed by atoms with Crippen molar-refractivity contribution in [3.63, 3.8) is 0 Å². The zero-order valence-corrected chi connectivity index (χ0v) is 15.8. The summed E-state index contributed by atoms with van der Waals surface area (Å²) in [5.41, 5.74) is 3.51. The fraction of sp³-hybridized carbons (Fsp3) is 0.261. The van der Waals surface area contributed by atoms with Crippen molar-refractivity contribution in [2.45, 2.75) is 37.8 Å². The fourth-order valence-electron chi connectivity index (χ4n) is 3.65. The first-order valence-electron chi connectivity index (χ1n) is 9.87. The molecule has 0 radical (unpaired) electrons. The van der Waals surface area contributed by atoms with Crippen LogP contribution in [0.25, 0.3) is 11.1 Å². The van der Waals surface area contributed by atoms with Crippen LogP contribution in [0.1, 0.15) is 42.9 Å². The number of halogens is 2. The summed E-state index contributed by atoms with van der Waals surface area (Å²) < 4.78 is 28.1. The summed E-state index contributed by atoms with van der Waals surface area (Å²) in [5, 5.41) is 3.28. The Hall–Kier alpha value is -3.15. The summed E-state index contributed by atoms with van der Waals surface area (Å²) in [6.07, 6.45) is 7.31. The molecule has 0 spiro atoms. The molecule has 2 aliphatic rings. The van der Waals surface area contributed by atoms with E-state index in [1.54, 1.807) is 0 Å². The molecule has 1 aliphatic carbocycles. The summed E-state index contributed by atoms with van der Waals surface area (Å²) >= 11 is 0. The van der Waals surface area contributed by atoms with Crippen LogP contribution in [0.2, 0.25) is 0 Å². The van der Waals surface area contributed by atoms with E-state index in [1.807, 2.05) is 36.7 Å². The van der Waals surface area contributed by atoms with Crippen molar-refractivity contribution in [1.82, 2.24) is 9.97 Å². The van der Waals surface area contributed by atoms with Gasteiger partial charge >= 0.3 is 0 Å². The zero-order valence-electron chi connectivity index (χ0n) is 15.8. The number of hydrogen-bond acceptors (Lipinski definition) is 4. The van der Waals surface area contributed by atoms with E-state index < -0.39 is 11.6 Å². The lowest BCUT2D eigenvalue weighted by Gasteiger charge is -2.09. The summed E-state index contributed by atoms with van der Waals surface area (Å²) in [5.74, 6) is -0.445. The topological polar surface area (TPSA) is 50.2 Å². The third kappa shape index (κ3) is 3.75. The molecular formula is C23H20F2N4. The Bertz CT molecular complexity index is 1040. The molecule has 6 heteroatoms. The van der Waals surface area contributed by atoms with Crippen LogP contribution in [0, 0.1) is 11.6 Å². The number of benzene rings is 2. The van der Waals surface area contributed by atoms with Crippen molar-refractivity contribution < 1.29 is 8.78 Å². The van der Waals surface area contributed by atoms with Gasteiger partial charge in [0.1, 0.15) is 11.6 Å². The van der Waals surface area contributed by atoms with Crippen molar-refractivity contribution in [1.29, 1.82) is 0 Å². The number of anilines is 1. The van der Waals surface area contributed by atoms with E-state index in [0.717, 1.165) is 23.1 Å². The fourth-order valence-corrected chi connectivity index (χ4v) is 3.65. The predicted octanol–water partition coefficient (Wildman–Crippen LogP) is 5.32. The molecule has 146 valence electrons. The minimum Gasteiger partial charge on any atom is -0.351 e. The molecule has 1 saturated carbocycles. The van der Waals surface area contributed by atoms with Crippen LogP contribution < -0.4 is 5.32 Å². The first kappa shape index (κ1) is 17.9. The Morgan fingerprint density at radius 1 is 0.828 bits per heavy atom. The Balaban J connectivity index is 1.33. The second-order valence-electron chi connectivity index (χ2n) is 7.56. The number of nitrogens with zero attached hydrogens (tertiary/aromatic N) is 3. The number of aliphatic imine (C=N–C) groups is 1. The van der Waals surface area contributed by atoms with Crippen LogP contribution in [0.4, 0.5) is 14.7 Å². The van der Waals surface area contributed by atoms with Gasteiger partial charge in [0.15, 0.2) is 0 Å². The van der Waals surface area contributed by atoms with E-state index in [0.29, 0.717) is 24.1 Å². The van der Waals surface area contributed by atoms with E-state index in [-0.39, 0.29) is 11.6 Å². The van der Waals surface area contributed by atoms with Gasteiger partial charge in [0.05, 0.1) is 11.6 Å². The smallest absolute Gasteiger partial charge is 0.222 e. The first-order valence-corrected chi connectivity index (χ1v) is 9.87. The molecule has 1 N–H and O–H groups in total. The largest absolute Gasteiger partial charge is 0.351 e. The lowest BCUT2D eigenvalue weighted by molar-refractivity contribution is 0.578. The van der Waals surface area contributed by atoms with Crippen LogP contribution in [0.5, 0.6) is 0 Å². The number of rotatable bonds is 5. The molecule has 1 fully saturated rings. The summed E-state index contributed by atoms with van der Waals surface area (Å²) in [6.45, 7) is 0. The monoisotopic (exact) mass is 390 g/mol. The highest BCUT2D eigenvalue weighted by molar-refractivity contribution is 6.02. The van der Waals surface area contributed by atoms with Gasteiger partial charge < -0.3 is 5.32 Å². The lowest BCUT2D eigenvalue weighted by Crippen LogP contribution is -2.04. The molecule has 0 bridgehead atoms. The van der Waals surface area contributed by atoms with Crippen molar-refractivity contribution in [3.8, 4) is 11.1 Å². The molecule has 2 heterocycles. The van der Waals surface area contributed by atoms with Crippen LogP contribution in [-0.2, 0) is 0 Å². The molecular weight excluding hydrogens is 370 g/mol. The standard InChI is InChI=1S/C23H20F2N4/c24-18-2-1-3-19(25)22(18)21-11-10-20(29-21)15-6-4-14(5-7-15)16-12-26-23(27-13-16)28-17-8-9-17/h1-7,12-13,17,20H,8-11H2,(H,26,27,28). The second kappa shape index (κ2) is 7.35. The molecule has 1 atom stereocenters. The van der Waals surface area contributed by atoms with Gasteiger partial charge in [-0.15, -0.1) is 0 Å². The molecule has 1 unspecified atom stereocenters. The third-order valence-electron chi connectivity index (χ3n) is 5.41. The minimum absolute atomic E-state index is 0.00339. The predicted molar refractivity (Wildman–Crippen MR) is 109 cm³/mol. The Labute approximate surface area is 167 Å². The van der Waals surface area contributed by atoms with E-state index in [2.05, 4.69) is 20.3 Å². The molecule has 0 amide bonds. The van der Waals surface area contributed by atoms with E-state index in [9.17, 15) is 8.78 Å². The molecule has 5 rings (SSSR count). The van der Waals surface area contributed by atoms with Crippen LogP contribution >= 0.6 is 0 Å². The zero-order chi connectivity index (χ0) is 19.8. The number of hydrogen-bond donors (Lipinski definition) is 1. The molecule has 1 aromatic heterocycles. The maximum absolute atomic E-state index is 14.0. The molecule has 1 aliphatic heterocycles. The van der Waals surface area contributed by atoms with Gasteiger partial charge in [0, 0.05) is 29.7 Å². The molecule has 2 aromatic carbocycles. The van der Waals surface area contributed by atoms with Crippen molar-refractivity contribution in [3.05, 3.63) is 77.6 Å². The molecule has 3 aromatic rings. The van der Waals surface area contributed by atoms with Gasteiger partial charge in [-0.25, -0.2) is 18.7 Å². The highest BCUT2D eigenvalue weighted by Crippen LogP contribution is 2.33. The molecule has 0 saturated heterocycles. The van der Waals surface area contributed by atoms with Crippen LogP contribution in [-0.4, -0.2) is 21.7 Å². The maximum Gasteiger partial charge on any atom is 0.222 e. The van der Waals surface area contributed by atoms with Gasteiger partial charge in [-0.05, 0) is 48.9 Å². The number of aromatic nitrogens is 2. The van der Waals surface area contributed by atoms with Gasteiger partial charge in [0.2, 0.25) is 5.95 Å². The number of nitrogens with one attached hydrogen (secondary N) is 1. The van der Waals surface area contributed by atoms with Gasteiger partial charge in [-0.2, -0.15) is 0 Å². The second-order valence-corrected chi connectivity index (χ2v) is 7.56. The molecule has 29 heavy (non-hydrogen) atoms. The Morgan fingerprint density at radius 2 is 1.52 bits per heavy atom. The normalized spacial score (nSPS) is 18.6. The van der Waals surface area contributed by atoms with Gasteiger partial charge in [-0.3, -0.25) is 4.99 Å². The average molecular weight is 390 g/mol. The van der Waals surface area contributed by atoms with Crippen molar-refractivity contribution in [2.24, 2.45) is 4.99 Å². The highest BCUT2D eigenvalue weighted by Gasteiger charge is 2.24. The lowest BCUT2D eigenvalue weighted by atomic mass is 10.0. The first-order chi connectivity index (χ1) is 14.2. The van der Waals surface area contributed by atoms with Crippen molar-refractivity contribution >= 4 is 11.7 Å². The Morgan fingerprint density at radius 3 is 2.17 bits per heavy atom. The van der Waals surface area contributed by atoms with E-state index >= 15 is 0 Å². The maximum atomic E-state index is 14.0. The average Bonchev–Trinajstić information content (AvgIpc) is 3.42. The quantitative estimate of drug-likeness (QED) is 0.641. The summed E-state index contributed by atoms with van der Waals surface area (Å²) in [4.78, 5) is 13.4. The van der Waals surface area contributed by atoms with Crippen LogP contribution in [0.15, 0.2) is 59.9 Å².